The molecule has 5 rings (SSSR count). The number of carbonyl (C=O) groups excluding carboxylic acids is 2. The topological polar surface area (TPSA) is 76.8 Å². The van der Waals surface area contributed by atoms with Crippen molar-refractivity contribution in [3.63, 3.8) is 0 Å². The lowest BCUT2D eigenvalue weighted by molar-refractivity contribution is -0.156. The third-order valence-corrected chi connectivity index (χ3v) is 6.85. The molecule has 1 aromatic heterocycles. The third-order valence-electron chi connectivity index (χ3n) is 6.85. The highest BCUT2D eigenvalue weighted by atomic mass is 16.5. The molecule has 2 heterocycles. The van der Waals surface area contributed by atoms with Crippen molar-refractivity contribution >= 4 is 33.6 Å². The highest BCUT2D eigenvalue weighted by molar-refractivity contribution is 6.07. The Balaban J connectivity index is 1.37. The summed E-state index contributed by atoms with van der Waals surface area (Å²) >= 11 is 0. The van der Waals surface area contributed by atoms with Gasteiger partial charge in [-0.2, -0.15) is 0 Å². The molecule has 3 aromatic rings. The van der Waals surface area contributed by atoms with Crippen molar-refractivity contribution in [2.24, 2.45) is 5.92 Å². The van der Waals surface area contributed by atoms with Crippen LogP contribution >= 0.6 is 0 Å². The van der Waals surface area contributed by atoms with Gasteiger partial charge in [-0.05, 0) is 42.5 Å². The van der Waals surface area contributed by atoms with E-state index in [4.69, 9.17) is 9.15 Å². The van der Waals surface area contributed by atoms with Crippen molar-refractivity contribution in [1.82, 2.24) is 4.90 Å². The number of carbonyl (C=O) groups is 2. The van der Waals surface area contributed by atoms with E-state index in [0.717, 1.165) is 48.3 Å². The Labute approximate surface area is 186 Å². The summed E-state index contributed by atoms with van der Waals surface area (Å²) < 4.78 is 11.1. The van der Waals surface area contributed by atoms with Crippen LogP contribution in [0.4, 0.5) is 0 Å². The first kappa shape index (κ1) is 20.7. The molecule has 1 aliphatic carbocycles. The van der Waals surface area contributed by atoms with E-state index in [2.05, 4.69) is 0 Å². The standard InChI is InChI=1S/C26H27NO5/c28-23-15-19(24-20-10-5-4-7-17(20)12-13-22(24)32-23)16-31-26(30)21-11-6-14-27(21)25(29)18-8-2-1-3-9-18/h4-5,7,10,12-13,15,18,21H,1-3,6,8-9,11,14,16H2. The predicted octanol–water partition coefficient (Wildman–Crippen LogP) is 4.56. The molecule has 6 nitrogen and oxygen atoms in total. The molecule has 2 fully saturated rings. The summed E-state index contributed by atoms with van der Waals surface area (Å²) in [4.78, 5) is 39.8. The summed E-state index contributed by atoms with van der Waals surface area (Å²) in [5.74, 6) is -0.263. The summed E-state index contributed by atoms with van der Waals surface area (Å²) in [6, 6.07) is 12.4. The zero-order chi connectivity index (χ0) is 22.1. The Hall–Kier alpha value is -3.15. The van der Waals surface area contributed by atoms with Gasteiger partial charge in [-0.15, -0.1) is 0 Å². The van der Waals surface area contributed by atoms with E-state index < -0.39 is 17.6 Å². The van der Waals surface area contributed by atoms with Crippen LogP contribution in [0.15, 0.2) is 51.7 Å². The average Bonchev–Trinajstić information content (AvgIpc) is 3.32. The molecule has 1 unspecified atom stereocenters. The Kier molecular flexibility index (Phi) is 5.68. The third kappa shape index (κ3) is 3.90. The maximum absolute atomic E-state index is 13.0. The van der Waals surface area contributed by atoms with Crippen LogP contribution in [0.1, 0.15) is 50.5 Å². The number of esters is 1. The Morgan fingerprint density at radius 3 is 2.66 bits per heavy atom. The van der Waals surface area contributed by atoms with Crippen molar-refractivity contribution in [3.8, 4) is 0 Å². The average molecular weight is 434 g/mol. The largest absolute Gasteiger partial charge is 0.459 e. The number of hydrogen-bond acceptors (Lipinski definition) is 5. The van der Waals surface area contributed by atoms with E-state index in [9.17, 15) is 14.4 Å². The van der Waals surface area contributed by atoms with Crippen LogP contribution in [0.25, 0.3) is 21.7 Å². The molecule has 2 aromatic carbocycles. The fourth-order valence-electron chi connectivity index (χ4n) is 5.24. The van der Waals surface area contributed by atoms with Crippen LogP contribution in [0, 0.1) is 5.92 Å². The molecule has 1 amide bonds. The number of benzene rings is 2. The maximum atomic E-state index is 13.0. The first-order chi connectivity index (χ1) is 15.6. The fourth-order valence-corrected chi connectivity index (χ4v) is 5.24. The van der Waals surface area contributed by atoms with Crippen LogP contribution in [-0.4, -0.2) is 29.4 Å². The molecule has 0 radical (unpaired) electrons. The van der Waals surface area contributed by atoms with Gasteiger partial charge in [0.05, 0.1) is 0 Å². The number of fused-ring (bicyclic) bond motifs is 3. The van der Waals surface area contributed by atoms with Crippen molar-refractivity contribution in [2.75, 3.05) is 6.54 Å². The summed E-state index contributed by atoms with van der Waals surface area (Å²) in [5.41, 5.74) is 0.607. The molecule has 0 N–H and O–H groups in total. The molecule has 0 bridgehead atoms. The first-order valence-corrected chi connectivity index (χ1v) is 11.5. The number of likely N-dealkylation sites (tertiary alicyclic amines) is 1. The van der Waals surface area contributed by atoms with Crippen LogP contribution in [0.2, 0.25) is 0 Å². The fraction of sp³-hybridized carbons (Fsp3) is 0.423. The quantitative estimate of drug-likeness (QED) is 0.342. The first-order valence-electron chi connectivity index (χ1n) is 11.5. The van der Waals surface area contributed by atoms with E-state index >= 15 is 0 Å². The van der Waals surface area contributed by atoms with E-state index in [1.165, 1.54) is 12.5 Å². The molecule has 6 heteroatoms. The van der Waals surface area contributed by atoms with Gasteiger partial charge in [-0.1, -0.05) is 49.6 Å². The van der Waals surface area contributed by atoms with E-state index in [0.29, 0.717) is 24.1 Å². The Bertz CT molecular complexity index is 1220. The van der Waals surface area contributed by atoms with Gasteiger partial charge in [0.15, 0.2) is 0 Å². The van der Waals surface area contributed by atoms with Gasteiger partial charge >= 0.3 is 11.6 Å². The highest BCUT2D eigenvalue weighted by Gasteiger charge is 2.38. The number of rotatable bonds is 4. The van der Waals surface area contributed by atoms with Gasteiger partial charge in [0.25, 0.3) is 0 Å². The summed E-state index contributed by atoms with van der Waals surface area (Å²) in [5, 5.41) is 2.73. The molecule has 1 atom stereocenters. The lowest BCUT2D eigenvalue weighted by Gasteiger charge is -2.29. The zero-order valence-electron chi connectivity index (χ0n) is 18.0. The van der Waals surface area contributed by atoms with E-state index in [-0.39, 0.29) is 18.4 Å². The molecule has 166 valence electrons. The van der Waals surface area contributed by atoms with Crippen molar-refractivity contribution in [1.29, 1.82) is 0 Å². The number of amides is 1. The lowest BCUT2D eigenvalue weighted by atomic mass is 9.88. The number of ether oxygens (including phenoxy) is 1. The predicted molar refractivity (Wildman–Crippen MR) is 121 cm³/mol. The second-order valence-corrected chi connectivity index (χ2v) is 8.88. The van der Waals surface area contributed by atoms with Gasteiger partial charge in [0, 0.05) is 29.5 Å². The minimum absolute atomic E-state index is 0.0309. The van der Waals surface area contributed by atoms with Gasteiger partial charge in [0.2, 0.25) is 5.91 Å². The van der Waals surface area contributed by atoms with Crippen LogP contribution in [0.3, 0.4) is 0 Å². The number of nitrogens with zero attached hydrogens (tertiary/aromatic N) is 1. The van der Waals surface area contributed by atoms with Crippen LogP contribution in [-0.2, 0) is 20.9 Å². The Morgan fingerprint density at radius 2 is 1.81 bits per heavy atom. The summed E-state index contributed by atoms with van der Waals surface area (Å²) in [6.45, 7) is 0.578. The van der Waals surface area contributed by atoms with Crippen molar-refractivity contribution in [3.05, 3.63) is 58.4 Å². The molecule has 32 heavy (non-hydrogen) atoms. The second-order valence-electron chi connectivity index (χ2n) is 8.88. The van der Waals surface area contributed by atoms with Crippen LogP contribution < -0.4 is 5.63 Å². The molecule has 1 saturated heterocycles. The molecular weight excluding hydrogens is 406 g/mol. The zero-order valence-corrected chi connectivity index (χ0v) is 18.0. The maximum Gasteiger partial charge on any atom is 0.336 e. The lowest BCUT2D eigenvalue weighted by Crippen LogP contribution is -2.44. The van der Waals surface area contributed by atoms with Crippen molar-refractivity contribution in [2.45, 2.75) is 57.6 Å². The second kappa shape index (κ2) is 8.77. The monoisotopic (exact) mass is 433 g/mol. The molecule has 2 aliphatic rings. The van der Waals surface area contributed by atoms with Gasteiger partial charge < -0.3 is 14.1 Å². The minimum atomic E-state index is -0.535. The Morgan fingerprint density at radius 1 is 1.00 bits per heavy atom. The van der Waals surface area contributed by atoms with Gasteiger partial charge in [-0.3, -0.25) is 4.79 Å². The molecule has 1 saturated carbocycles. The van der Waals surface area contributed by atoms with E-state index in [1.807, 2.05) is 30.3 Å². The summed E-state index contributed by atoms with van der Waals surface area (Å²) in [6.07, 6.45) is 6.60. The van der Waals surface area contributed by atoms with Gasteiger partial charge in [-0.25, -0.2) is 9.59 Å². The molecule has 0 spiro atoms. The minimum Gasteiger partial charge on any atom is -0.459 e. The SMILES string of the molecule is O=C(OCc1cc(=O)oc2ccc3ccccc3c12)C1CCCN1C(=O)C1CCCCC1. The highest BCUT2D eigenvalue weighted by Crippen LogP contribution is 2.30. The molecular formula is C26H27NO5. The molecule has 1 aliphatic heterocycles. The van der Waals surface area contributed by atoms with Crippen molar-refractivity contribution < 1.29 is 18.7 Å². The van der Waals surface area contributed by atoms with E-state index in [1.54, 1.807) is 11.0 Å². The number of hydrogen-bond donors (Lipinski definition) is 0. The smallest absolute Gasteiger partial charge is 0.336 e. The van der Waals surface area contributed by atoms with Gasteiger partial charge in [0.1, 0.15) is 18.2 Å². The summed E-state index contributed by atoms with van der Waals surface area (Å²) in [7, 11) is 0. The normalized spacial score (nSPS) is 19.5. The van der Waals surface area contributed by atoms with Crippen LogP contribution in [0.5, 0.6) is 0 Å².